The first-order valence-electron chi connectivity index (χ1n) is 0.974. The fraction of sp³-hybridized carbons (Fsp3) is 0.333. The van der Waals surface area contributed by atoms with Crippen LogP contribution in [0.3, 0.4) is 0 Å². The highest BCUT2D eigenvalue weighted by molar-refractivity contribution is 14.1. The highest BCUT2D eigenvalue weighted by atomic mass is 127. The van der Waals surface area contributed by atoms with Gasteiger partial charge in [-0.15, -0.1) is 0 Å². The number of allylic oxidation sites excluding steroid dienone is 1. The second-order valence-corrected chi connectivity index (χ2v) is 1.15. The van der Waals surface area contributed by atoms with Crippen LogP contribution in [0.25, 0.3) is 0 Å². The average Bonchev–Trinajstić information content (AvgIpc) is 1.37. The van der Waals surface area contributed by atoms with Crippen LogP contribution < -0.4 is 0 Å². The first-order chi connectivity index (χ1) is 1.91. The van der Waals surface area contributed by atoms with Crippen LogP contribution in [0.5, 0.6) is 0 Å². The zero-order chi connectivity index (χ0) is 3.41. The normalized spacial score (nSPS) is 6.25. The van der Waals surface area contributed by atoms with E-state index in [4.69, 9.17) is 0 Å². The Labute approximate surface area is 40.0 Å². The first-order valence-corrected chi connectivity index (χ1v) is 2.50. The van der Waals surface area contributed by atoms with E-state index in [1.54, 1.807) is 0 Å². The van der Waals surface area contributed by atoms with Crippen molar-refractivity contribution in [2.45, 2.75) is 0 Å². The molecule has 0 aromatic carbocycles. The molecule has 4 heavy (non-hydrogen) atoms. The van der Waals surface area contributed by atoms with E-state index in [2.05, 4.69) is 35.2 Å². The molecular weight excluding hydrogens is 163 g/mol. The number of rotatable bonds is 1. The van der Waals surface area contributed by atoms with E-state index in [0.717, 1.165) is 4.43 Å². The Kier molecular flexibility index (Phi) is 3.88. The van der Waals surface area contributed by atoms with Gasteiger partial charge in [-0.25, -0.2) is 0 Å². The van der Waals surface area contributed by atoms with Gasteiger partial charge in [-0.05, 0) is 6.08 Å². The average molecular weight is 167 g/mol. The Hall–Kier alpha value is 0.470. The second-order valence-electron chi connectivity index (χ2n) is 0.384. The Morgan fingerprint density at radius 3 is 2.25 bits per heavy atom. The molecular formula is C3H4I. The van der Waals surface area contributed by atoms with E-state index in [0.29, 0.717) is 0 Å². The lowest BCUT2D eigenvalue weighted by Gasteiger charge is -1.53. The van der Waals surface area contributed by atoms with Crippen molar-refractivity contribution in [1.82, 2.24) is 0 Å². The van der Waals surface area contributed by atoms with Crippen LogP contribution in [-0.4, -0.2) is 4.43 Å². The van der Waals surface area contributed by atoms with Crippen LogP contribution in [0.2, 0.25) is 0 Å². The molecule has 0 N–H and O–H groups in total. The monoisotopic (exact) mass is 167 g/mol. The predicted molar refractivity (Wildman–Crippen MR) is 27.8 cm³/mol. The van der Waals surface area contributed by atoms with Crippen molar-refractivity contribution in [3.05, 3.63) is 12.7 Å². The van der Waals surface area contributed by atoms with Crippen LogP contribution in [0.15, 0.2) is 6.58 Å². The van der Waals surface area contributed by atoms with E-state index in [1.807, 2.05) is 0 Å². The van der Waals surface area contributed by atoms with Gasteiger partial charge in [-0.3, -0.25) is 0 Å². The number of halogens is 1. The maximum atomic E-state index is 3.35. The summed E-state index contributed by atoms with van der Waals surface area (Å²) in [4.78, 5) is 0. The molecule has 1 heteroatoms. The molecule has 0 aromatic heterocycles. The minimum absolute atomic E-state index is 0.928. The van der Waals surface area contributed by atoms with Crippen LogP contribution >= 0.6 is 22.6 Å². The van der Waals surface area contributed by atoms with Gasteiger partial charge in [-0.2, -0.15) is 0 Å². The lowest BCUT2D eigenvalue weighted by atomic mass is 10.8. The largest absolute Gasteiger partial charge is 0.0948 e. The molecule has 0 aromatic rings. The Morgan fingerprint density at radius 1 is 2.00 bits per heavy atom. The molecule has 0 amide bonds. The van der Waals surface area contributed by atoms with Crippen molar-refractivity contribution in [2.75, 3.05) is 4.43 Å². The van der Waals surface area contributed by atoms with Crippen molar-refractivity contribution < 1.29 is 0 Å². The lowest BCUT2D eigenvalue weighted by molar-refractivity contribution is 1.80. The van der Waals surface area contributed by atoms with E-state index in [9.17, 15) is 0 Å². The molecule has 0 nitrogen and oxygen atoms in total. The summed E-state index contributed by atoms with van der Waals surface area (Å²) in [7, 11) is 0. The SMILES string of the molecule is C=[C]CI. The fourth-order valence-corrected chi connectivity index (χ4v) is 0. The number of hydrogen-bond donors (Lipinski definition) is 0. The third kappa shape index (κ3) is 2.47. The van der Waals surface area contributed by atoms with Gasteiger partial charge in [0, 0.05) is 4.43 Å². The minimum Gasteiger partial charge on any atom is -0.0948 e. The molecule has 0 saturated carbocycles. The third-order valence-electron chi connectivity index (χ3n) is 0.0945. The maximum absolute atomic E-state index is 3.35. The maximum Gasteiger partial charge on any atom is 0.0244 e. The zero-order valence-corrected chi connectivity index (χ0v) is 4.45. The Morgan fingerprint density at radius 2 is 2.25 bits per heavy atom. The molecule has 0 fully saturated rings. The summed E-state index contributed by atoms with van der Waals surface area (Å²) in [5, 5.41) is 0. The molecule has 0 unspecified atom stereocenters. The number of hydrogen-bond acceptors (Lipinski definition) is 0. The molecule has 1 radical (unpaired) electrons. The third-order valence-corrected chi connectivity index (χ3v) is 0.634. The van der Waals surface area contributed by atoms with E-state index >= 15 is 0 Å². The summed E-state index contributed by atoms with van der Waals surface area (Å²) < 4.78 is 0.928. The van der Waals surface area contributed by atoms with Gasteiger partial charge in [0.25, 0.3) is 0 Å². The van der Waals surface area contributed by atoms with Gasteiger partial charge in [-0.1, -0.05) is 29.2 Å². The van der Waals surface area contributed by atoms with Gasteiger partial charge >= 0.3 is 0 Å². The highest BCUT2D eigenvalue weighted by Gasteiger charge is 1.49. The molecule has 23 valence electrons. The minimum atomic E-state index is 0.928. The van der Waals surface area contributed by atoms with Crippen molar-refractivity contribution in [3.8, 4) is 0 Å². The van der Waals surface area contributed by atoms with Crippen LogP contribution in [0, 0.1) is 6.08 Å². The Bertz CT molecular complexity index is 17.2. The van der Waals surface area contributed by atoms with Crippen molar-refractivity contribution >= 4 is 22.6 Å². The molecule has 0 spiro atoms. The van der Waals surface area contributed by atoms with Crippen LogP contribution in [0.1, 0.15) is 0 Å². The Balaban J connectivity index is 2.30. The fourth-order valence-electron chi connectivity index (χ4n) is 0. The predicted octanol–water partition coefficient (Wildman–Crippen LogP) is 1.41. The van der Waals surface area contributed by atoms with E-state index < -0.39 is 0 Å². The van der Waals surface area contributed by atoms with Gasteiger partial charge in [0.15, 0.2) is 0 Å². The first kappa shape index (κ1) is 4.47. The van der Waals surface area contributed by atoms with Crippen LogP contribution in [0.4, 0.5) is 0 Å². The molecule has 0 rings (SSSR count). The van der Waals surface area contributed by atoms with Gasteiger partial charge in [0.05, 0.1) is 0 Å². The summed E-state index contributed by atoms with van der Waals surface area (Å²) in [6.45, 7) is 3.35. The van der Waals surface area contributed by atoms with Crippen molar-refractivity contribution in [2.24, 2.45) is 0 Å². The zero-order valence-electron chi connectivity index (χ0n) is 2.29. The van der Waals surface area contributed by atoms with Crippen LogP contribution in [-0.2, 0) is 0 Å². The molecule has 0 heterocycles. The van der Waals surface area contributed by atoms with Gasteiger partial charge in [0.2, 0.25) is 0 Å². The quantitative estimate of drug-likeness (QED) is 0.409. The summed E-state index contributed by atoms with van der Waals surface area (Å²) in [6.07, 6.45) is 2.67. The molecule has 0 atom stereocenters. The molecule has 0 bridgehead atoms. The summed E-state index contributed by atoms with van der Waals surface area (Å²) >= 11 is 2.18. The summed E-state index contributed by atoms with van der Waals surface area (Å²) in [6, 6.07) is 0. The summed E-state index contributed by atoms with van der Waals surface area (Å²) in [5.74, 6) is 0. The van der Waals surface area contributed by atoms with Gasteiger partial charge in [0.1, 0.15) is 0 Å². The van der Waals surface area contributed by atoms with Crippen molar-refractivity contribution in [1.29, 1.82) is 0 Å². The molecule has 0 aliphatic heterocycles. The smallest absolute Gasteiger partial charge is 0.0244 e. The van der Waals surface area contributed by atoms with Crippen molar-refractivity contribution in [3.63, 3.8) is 0 Å². The lowest BCUT2D eigenvalue weighted by Crippen LogP contribution is -1.45. The number of alkyl halides is 1. The highest BCUT2D eigenvalue weighted by Crippen LogP contribution is 1.73. The van der Waals surface area contributed by atoms with E-state index in [1.165, 1.54) is 0 Å². The second kappa shape index (κ2) is 3.47. The standard InChI is InChI=1S/C3H4I/c1-2-3-4/h1,3H2. The molecule has 0 aliphatic carbocycles. The molecule has 0 saturated heterocycles. The summed E-state index contributed by atoms with van der Waals surface area (Å²) in [5.41, 5.74) is 0. The van der Waals surface area contributed by atoms with E-state index in [-0.39, 0.29) is 0 Å². The molecule has 0 aliphatic rings. The topological polar surface area (TPSA) is 0 Å². The van der Waals surface area contributed by atoms with Gasteiger partial charge < -0.3 is 0 Å².